The number of rotatable bonds is 5. The van der Waals surface area contributed by atoms with Gasteiger partial charge in [-0.25, -0.2) is 0 Å². The zero-order chi connectivity index (χ0) is 18.4. The first kappa shape index (κ1) is 23.3. The second-order valence-corrected chi connectivity index (χ2v) is 8.22. The van der Waals surface area contributed by atoms with Crippen molar-refractivity contribution in [1.82, 2.24) is 14.8 Å². The number of halogens is 1. The summed E-state index contributed by atoms with van der Waals surface area (Å²) in [6.07, 6.45) is 4.71. The summed E-state index contributed by atoms with van der Waals surface area (Å²) in [6, 6.07) is 4.24. The Morgan fingerprint density at radius 2 is 2.15 bits per heavy atom. The molecule has 2 rings (SSSR count). The van der Waals surface area contributed by atoms with Crippen LogP contribution in [0.1, 0.15) is 46.2 Å². The first-order valence-corrected chi connectivity index (χ1v) is 9.54. The molecule has 1 aliphatic heterocycles. The molecule has 0 aliphatic carbocycles. The monoisotopic (exact) mass is 476 g/mol. The maximum atomic E-state index is 6.10. The molecule has 6 heteroatoms. The molecule has 1 aromatic rings. The van der Waals surface area contributed by atoms with Gasteiger partial charge in [0, 0.05) is 51.6 Å². The van der Waals surface area contributed by atoms with Crippen molar-refractivity contribution < 1.29 is 4.74 Å². The van der Waals surface area contributed by atoms with E-state index in [0.717, 1.165) is 38.6 Å². The van der Waals surface area contributed by atoms with Crippen molar-refractivity contribution >= 4 is 29.9 Å². The summed E-state index contributed by atoms with van der Waals surface area (Å²) in [4.78, 5) is 7.16. The molecule has 0 amide bonds. The summed E-state index contributed by atoms with van der Waals surface area (Å²) in [7, 11) is 4.19. The van der Waals surface area contributed by atoms with E-state index in [1.54, 1.807) is 0 Å². The molecule has 1 aromatic heterocycles. The van der Waals surface area contributed by atoms with Crippen LogP contribution in [-0.2, 0) is 18.3 Å². The normalized spacial score (nSPS) is 21.2. The van der Waals surface area contributed by atoms with Gasteiger partial charge in [-0.3, -0.25) is 4.99 Å². The predicted octanol–water partition coefficient (Wildman–Crippen LogP) is 3.88. The van der Waals surface area contributed by atoms with Gasteiger partial charge in [0.25, 0.3) is 0 Å². The molecule has 5 nitrogen and oxygen atoms in total. The SMILES string of the molecule is CCNC(=NCC1CCCOC1C(C)(C)C)N(C)Cc1cccn1C.I. The van der Waals surface area contributed by atoms with Gasteiger partial charge in [0.1, 0.15) is 0 Å². The first-order chi connectivity index (χ1) is 11.8. The molecular weight excluding hydrogens is 439 g/mol. The molecule has 1 saturated heterocycles. The highest BCUT2D eigenvalue weighted by Crippen LogP contribution is 2.34. The molecule has 2 heterocycles. The van der Waals surface area contributed by atoms with Gasteiger partial charge in [-0.1, -0.05) is 20.8 Å². The topological polar surface area (TPSA) is 41.8 Å². The largest absolute Gasteiger partial charge is 0.377 e. The van der Waals surface area contributed by atoms with E-state index < -0.39 is 0 Å². The van der Waals surface area contributed by atoms with Crippen LogP contribution in [0.3, 0.4) is 0 Å². The Morgan fingerprint density at radius 1 is 1.42 bits per heavy atom. The van der Waals surface area contributed by atoms with Crippen molar-refractivity contribution in [2.45, 2.75) is 53.2 Å². The van der Waals surface area contributed by atoms with Gasteiger partial charge in [0.2, 0.25) is 0 Å². The lowest BCUT2D eigenvalue weighted by molar-refractivity contribution is -0.0824. The third kappa shape index (κ3) is 6.44. The van der Waals surface area contributed by atoms with E-state index in [9.17, 15) is 0 Å². The highest BCUT2D eigenvalue weighted by Gasteiger charge is 2.35. The zero-order valence-electron chi connectivity index (χ0n) is 17.3. The smallest absolute Gasteiger partial charge is 0.194 e. The van der Waals surface area contributed by atoms with Crippen LogP contribution in [-0.4, -0.2) is 48.3 Å². The van der Waals surface area contributed by atoms with Crippen LogP contribution in [0.25, 0.3) is 0 Å². The molecule has 1 fully saturated rings. The van der Waals surface area contributed by atoms with E-state index in [2.05, 4.69) is 74.9 Å². The van der Waals surface area contributed by atoms with Gasteiger partial charge >= 0.3 is 0 Å². The van der Waals surface area contributed by atoms with Crippen molar-refractivity contribution in [2.75, 3.05) is 26.7 Å². The van der Waals surface area contributed by atoms with Crippen LogP contribution >= 0.6 is 24.0 Å². The van der Waals surface area contributed by atoms with E-state index >= 15 is 0 Å². The predicted molar refractivity (Wildman–Crippen MR) is 120 cm³/mol. The Balaban J connectivity index is 0.00000338. The summed E-state index contributed by atoms with van der Waals surface area (Å²) in [5.74, 6) is 1.47. The molecule has 0 saturated carbocycles. The van der Waals surface area contributed by atoms with Gasteiger partial charge in [0.15, 0.2) is 5.96 Å². The number of hydrogen-bond acceptors (Lipinski definition) is 2. The molecule has 0 bridgehead atoms. The number of nitrogens with one attached hydrogen (secondary N) is 1. The molecule has 1 aliphatic rings. The molecular formula is C20H37IN4O. The van der Waals surface area contributed by atoms with Crippen molar-refractivity contribution in [3.05, 3.63) is 24.0 Å². The molecule has 150 valence electrons. The highest BCUT2D eigenvalue weighted by atomic mass is 127. The Kier molecular flexibility index (Phi) is 9.44. The quantitative estimate of drug-likeness (QED) is 0.399. The molecule has 0 radical (unpaired) electrons. The van der Waals surface area contributed by atoms with Crippen LogP contribution in [0.5, 0.6) is 0 Å². The van der Waals surface area contributed by atoms with Gasteiger partial charge in [-0.05, 0) is 37.3 Å². The van der Waals surface area contributed by atoms with Crippen LogP contribution < -0.4 is 5.32 Å². The Morgan fingerprint density at radius 3 is 2.73 bits per heavy atom. The molecule has 0 spiro atoms. The Labute approximate surface area is 176 Å². The summed E-state index contributed by atoms with van der Waals surface area (Å²) in [6.45, 7) is 12.4. The van der Waals surface area contributed by atoms with E-state index in [-0.39, 0.29) is 35.5 Å². The molecule has 2 atom stereocenters. The number of aryl methyl sites for hydroxylation is 1. The second-order valence-electron chi connectivity index (χ2n) is 8.22. The van der Waals surface area contributed by atoms with Crippen molar-refractivity contribution in [1.29, 1.82) is 0 Å². The number of aromatic nitrogens is 1. The molecule has 2 unspecified atom stereocenters. The fourth-order valence-corrected chi connectivity index (χ4v) is 3.64. The fraction of sp³-hybridized carbons (Fsp3) is 0.750. The minimum atomic E-state index is 0. The van der Waals surface area contributed by atoms with E-state index in [1.165, 1.54) is 12.1 Å². The lowest BCUT2D eigenvalue weighted by Gasteiger charge is -2.39. The van der Waals surface area contributed by atoms with Gasteiger partial charge in [0.05, 0.1) is 12.6 Å². The van der Waals surface area contributed by atoms with E-state index in [1.807, 2.05) is 0 Å². The lowest BCUT2D eigenvalue weighted by Crippen LogP contribution is -2.43. The summed E-state index contributed by atoms with van der Waals surface area (Å²) in [5.41, 5.74) is 1.44. The van der Waals surface area contributed by atoms with E-state index in [0.29, 0.717) is 5.92 Å². The van der Waals surface area contributed by atoms with Gasteiger partial charge in [-0.15, -0.1) is 24.0 Å². The maximum absolute atomic E-state index is 6.10. The molecule has 26 heavy (non-hydrogen) atoms. The lowest BCUT2D eigenvalue weighted by atomic mass is 9.78. The van der Waals surface area contributed by atoms with Crippen LogP contribution in [0.4, 0.5) is 0 Å². The summed E-state index contributed by atoms with van der Waals surface area (Å²) in [5, 5.41) is 3.43. The van der Waals surface area contributed by atoms with Crippen LogP contribution in [0.2, 0.25) is 0 Å². The standard InChI is InChI=1S/C20H36N4O.HI/c1-7-21-19(24(6)15-17-11-8-12-23(17)5)22-14-16-10-9-13-25-18(16)20(2,3)4;/h8,11-12,16,18H,7,9-10,13-15H2,1-6H3,(H,21,22);1H. The molecule has 1 N–H and O–H groups in total. The van der Waals surface area contributed by atoms with Crippen LogP contribution in [0, 0.1) is 11.3 Å². The number of nitrogens with zero attached hydrogens (tertiary/aromatic N) is 3. The molecule has 0 aromatic carbocycles. The third-order valence-electron chi connectivity index (χ3n) is 4.92. The van der Waals surface area contributed by atoms with E-state index in [4.69, 9.17) is 9.73 Å². The van der Waals surface area contributed by atoms with Crippen molar-refractivity contribution in [2.24, 2.45) is 23.4 Å². The zero-order valence-corrected chi connectivity index (χ0v) is 19.6. The number of hydrogen-bond donors (Lipinski definition) is 1. The summed E-state index contributed by atoms with van der Waals surface area (Å²) < 4.78 is 8.26. The van der Waals surface area contributed by atoms with Crippen LogP contribution in [0.15, 0.2) is 23.3 Å². The first-order valence-electron chi connectivity index (χ1n) is 9.54. The Hall–Kier alpha value is -0.760. The fourth-order valence-electron chi connectivity index (χ4n) is 3.64. The van der Waals surface area contributed by atoms with Crippen molar-refractivity contribution in [3.8, 4) is 0 Å². The minimum Gasteiger partial charge on any atom is -0.377 e. The van der Waals surface area contributed by atoms with Gasteiger partial charge < -0.3 is 19.5 Å². The number of aliphatic imine (C=N–C) groups is 1. The average molecular weight is 476 g/mol. The second kappa shape index (κ2) is 10.5. The van der Waals surface area contributed by atoms with Crippen molar-refractivity contribution in [3.63, 3.8) is 0 Å². The number of guanidine groups is 1. The highest BCUT2D eigenvalue weighted by molar-refractivity contribution is 14.0. The third-order valence-corrected chi connectivity index (χ3v) is 4.92. The van der Waals surface area contributed by atoms with Gasteiger partial charge in [-0.2, -0.15) is 0 Å². The maximum Gasteiger partial charge on any atom is 0.194 e. The average Bonchev–Trinajstić information content (AvgIpc) is 2.95. The Bertz CT molecular complexity index is 564. The summed E-state index contributed by atoms with van der Waals surface area (Å²) >= 11 is 0. The number of ether oxygens (including phenoxy) is 1. The minimum absolute atomic E-state index is 0.